The largest absolute Gasteiger partial charge is 0.341 e. The summed E-state index contributed by atoms with van der Waals surface area (Å²) in [6.07, 6.45) is 3.33. The second-order valence-corrected chi connectivity index (χ2v) is 6.00. The first-order valence-electron chi connectivity index (χ1n) is 6.69. The van der Waals surface area contributed by atoms with Crippen LogP contribution in [0.4, 0.5) is 0 Å². The first-order chi connectivity index (χ1) is 8.03. The van der Waals surface area contributed by atoms with Crippen LogP contribution < -0.4 is 5.32 Å². The molecule has 2 aliphatic rings. The van der Waals surface area contributed by atoms with Gasteiger partial charge in [0.15, 0.2) is 0 Å². The number of likely N-dealkylation sites (tertiary alicyclic amines) is 1. The third-order valence-corrected chi connectivity index (χ3v) is 4.30. The van der Waals surface area contributed by atoms with Crippen molar-refractivity contribution in [1.82, 2.24) is 15.1 Å². The summed E-state index contributed by atoms with van der Waals surface area (Å²) in [6, 6.07) is 0.533. The lowest BCUT2D eigenvalue weighted by atomic mass is 9.87. The Kier molecular flexibility index (Phi) is 7.66. The van der Waals surface area contributed by atoms with Crippen molar-refractivity contribution in [3.8, 4) is 0 Å². The van der Waals surface area contributed by atoms with E-state index in [0.717, 1.165) is 39.0 Å². The van der Waals surface area contributed by atoms with E-state index in [1.807, 2.05) is 0 Å². The molecule has 19 heavy (non-hydrogen) atoms. The summed E-state index contributed by atoms with van der Waals surface area (Å²) < 4.78 is 0. The molecule has 0 saturated carbocycles. The Morgan fingerprint density at radius 1 is 1.37 bits per heavy atom. The molecule has 2 atom stereocenters. The minimum Gasteiger partial charge on any atom is -0.341 e. The molecule has 0 spiro atoms. The fourth-order valence-electron chi connectivity index (χ4n) is 2.94. The third kappa shape index (κ3) is 4.22. The van der Waals surface area contributed by atoms with E-state index in [2.05, 4.69) is 36.1 Å². The molecule has 2 unspecified atom stereocenters. The Morgan fingerprint density at radius 3 is 2.58 bits per heavy atom. The van der Waals surface area contributed by atoms with Crippen LogP contribution in [-0.2, 0) is 4.79 Å². The number of nitrogens with one attached hydrogen (secondary N) is 1. The molecule has 0 aliphatic carbocycles. The van der Waals surface area contributed by atoms with Crippen molar-refractivity contribution < 1.29 is 4.79 Å². The topological polar surface area (TPSA) is 35.6 Å². The minimum absolute atomic E-state index is 0. The molecule has 2 fully saturated rings. The van der Waals surface area contributed by atoms with Gasteiger partial charge in [0.1, 0.15) is 0 Å². The lowest BCUT2D eigenvalue weighted by molar-refractivity contribution is -0.142. The molecule has 0 aromatic carbocycles. The van der Waals surface area contributed by atoms with Crippen LogP contribution in [0.15, 0.2) is 0 Å². The molecule has 2 saturated heterocycles. The molecule has 0 radical (unpaired) electrons. The van der Waals surface area contributed by atoms with Crippen molar-refractivity contribution in [2.45, 2.75) is 32.2 Å². The molecule has 6 heteroatoms. The van der Waals surface area contributed by atoms with E-state index in [9.17, 15) is 4.79 Å². The van der Waals surface area contributed by atoms with Crippen molar-refractivity contribution in [2.75, 3.05) is 40.3 Å². The van der Waals surface area contributed by atoms with Crippen molar-refractivity contribution >= 4 is 30.7 Å². The summed E-state index contributed by atoms with van der Waals surface area (Å²) in [5, 5.41) is 3.31. The van der Waals surface area contributed by atoms with Crippen LogP contribution in [0.2, 0.25) is 0 Å². The lowest BCUT2D eigenvalue weighted by Gasteiger charge is -2.39. The van der Waals surface area contributed by atoms with Gasteiger partial charge in [-0.2, -0.15) is 0 Å². The van der Waals surface area contributed by atoms with Crippen molar-refractivity contribution in [2.24, 2.45) is 5.41 Å². The monoisotopic (exact) mass is 311 g/mol. The number of piperidine rings is 1. The molecule has 4 nitrogen and oxygen atoms in total. The van der Waals surface area contributed by atoms with E-state index in [4.69, 9.17) is 0 Å². The highest BCUT2D eigenvalue weighted by Crippen LogP contribution is 2.29. The van der Waals surface area contributed by atoms with E-state index in [1.165, 1.54) is 6.42 Å². The number of likely N-dealkylation sites (N-methyl/N-ethyl adjacent to an activating group) is 1. The Balaban J connectivity index is 0.00000162. The van der Waals surface area contributed by atoms with Gasteiger partial charge in [-0.25, -0.2) is 0 Å². The van der Waals surface area contributed by atoms with Crippen molar-refractivity contribution in [3.63, 3.8) is 0 Å². The van der Waals surface area contributed by atoms with Gasteiger partial charge in [0.05, 0.1) is 5.41 Å². The number of halogens is 2. The van der Waals surface area contributed by atoms with Gasteiger partial charge in [-0.05, 0) is 46.8 Å². The highest BCUT2D eigenvalue weighted by Gasteiger charge is 2.40. The summed E-state index contributed by atoms with van der Waals surface area (Å²) in [6.45, 7) is 5.77. The van der Waals surface area contributed by atoms with Crippen LogP contribution in [0, 0.1) is 5.41 Å². The Labute approximate surface area is 129 Å². The van der Waals surface area contributed by atoms with Gasteiger partial charge in [0.2, 0.25) is 5.91 Å². The zero-order valence-corrected chi connectivity index (χ0v) is 13.8. The second kappa shape index (κ2) is 7.67. The Bertz CT molecular complexity index is 294. The van der Waals surface area contributed by atoms with Gasteiger partial charge in [-0.1, -0.05) is 0 Å². The summed E-state index contributed by atoms with van der Waals surface area (Å²) in [5.74, 6) is 0.356. The molecule has 0 bridgehead atoms. The molecule has 0 aromatic heterocycles. The summed E-state index contributed by atoms with van der Waals surface area (Å²) >= 11 is 0. The molecular weight excluding hydrogens is 285 g/mol. The minimum atomic E-state index is -0.159. The smallest absolute Gasteiger partial charge is 0.229 e. The van der Waals surface area contributed by atoms with Crippen LogP contribution in [-0.4, -0.2) is 62.0 Å². The maximum absolute atomic E-state index is 12.6. The average molecular weight is 312 g/mol. The third-order valence-electron chi connectivity index (χ3n) is 4.30. The molecule has 2 rings (SSSR count). The summed E-state index contributed by atoms with van der Waals surface area (Å²) in [5.41, 5.74) is -0.159. The van der Waals surface area contributed by atoms with Gasteiger partial charge in [-0.3, -0.25) is 4.79 Å². The molecule has 0 aromatic rings. The number of rotatable bonds is 2. The Hall–Kier alpha value is -0.0300. The van der Waals surface area contributed by atoms with E-state index in [1.54, 1.807) is 0 Å². The van der Waals surface area contributed by atoms with Crippen LogP contribution >= 0.6 is 24.8 Å². The number of hydrogen-bond donors (Lipinski definition) is 1. The normalized spacial score (nSPS) is 30.7. The van der Waals surface area contributed by atoms with Crippen molar-refractivity contribution in [3.05, 3.63) is 0 Å². The SMILES string of the molecule is CN(C)C1CCCN(C(=O)C2(C)CCNC2)C1.Cl.Cl. The number of nitrogens with zero attached hydrogens (tertiary/aromatic N) is 2. The fourth-order valence-corrected chi connectivity index (χ4v) is 2.94. The first kappa shape index (κ1) is 19.0. The maximum Gasteiger partial charge on any atom is 0.229 e. The second-order valence-electron chi connectivity index (χ2n) is 6.00. The fraction of sp³-hybridized carbons (Fsp3) is 0.923. The maximum atomic E-state index is 12.6. The zero-order chi connectivity index (χ0) is 12.5. The molecule has 2 aliphatic heterocycles. The Morgan fingerprint density at radius 2 is 2.05 bits per heavy atom. The first-order valence-corrected chi connectivity index (χ1v) is 6.69. The highest BCUT2D eigenvalue weighted by atomic mass is 35.5. The predicted molar refractivity (Wildman–Crippen MR) is 83.4 cm³/mol. The molecule has 1 amide bonds. The number of hydrogen-bond acceptors (Lipinski definition) is 3. The molecule has 2 heterocycles. The van der Waals surface area contributed by atoms with E-state index in [0.29, 0.717) is 11.9 Å². The van der Waals surface area contributed by atoms with Crippen molar-refractivity contribution in [1.29, 1.82) is 0 Å². The van der Waals surface area contributed by atoms with Gasteiger partial charge in [-0.15, -0.1) is 24.8 Å². The van der Waals surface area contributed by atoms with Crippen LogP contribution in [0.5, 0.6) is 0 Å². The zero-order valence-electron chi connectivity index (χ0n) is 12.1. The van der Waals surface area contributed by atoms with Gasteiger partial charge >= 0.3 is 0 Å². The van der Waals surface area contributed by atoms with Crippen LogP contribution in [0.25, 0.3) is 0 Å². The van der Waals surface area contributed by atoms with Gasteiger partial charge in [0, 0.05) is 25.7 Å². The molecule has 1 N–H and O–H groups in total. The summed E-state index contributed by atoms with van der Waals surface area (Å²) in [7, 11) is 4.22. The quantitative estimate of drug-likeness (QED) is 0.837. The highest BCUT2D eigenvalue weighted by molar-refractivity contribution is 5.85. The number of carbonyl (C=O) groups excluding carboxylic acids is 1. The van der Waals surface area contributed by atoms with E-state index >= 15 is 0 Å². The molecule has 114 valence electrons. The number of amides is 1. The van der Waals surface area contributed by atoms with Gasteiger partial charge in [0.25, 0.3) is 0 Å². The predicted octanol–water partition coefficient (Wildman–Crippen LogP) is 1.38. The van der Waals surface area contributed by atoms with E-state index < -0.39 is 0 Å². The van der Waals surface area contributed by atoms with E-state index in [-0.39, 0.29) is 30.2 Å². The number of carbonyl (C=O) groups is 1. The van der Waals surface area contributed by atoms with Gasteiger partial charge < -0.3 is 15.1 Å². The lowest BCUT2D eigenvalue weighted by Crippen LogP contribution is -2.52. The van der Waals surface area contributed by atoms with Crippen LogP contribution in [0.3, 0.4) is 0 Å². The standard InChI is InChI=1S/C13H25N3O.2ClH/c1-13(6-7-14-10-13)12(17)16-8-4-5-11(9-16)15(2)3;;/h11,14H,4-10H2,1-3H3;2*1H. The summed E-state index contributed by atoms with van der Waals surface area (Å²) in [4.78, 5) is 16.9. The van der Waals surface area contributed by atoms with Crippen LogP contribution in [0.1, 0.15) is 26.2 Å². The average Bonchev–Trinajstić information content (AvgIpc) is 2.76. The molecular formula is C13H27Cl2N3O.